The average molecular weight is 223 g/mol. The van der Waals surface area contributed by atoms with E-state index in [1.54, 1.807) is 7.11 Å². The molecule has 0 unspecified atom stereocenters. The topological polar surface area (TPSA) is 30.5 Å². The minimum Gasteiger partial charge on any atom is -0.382 e. The SMILES string of the molecule is COCCOCCNc1c(C)cccc1C. The Kier molecular flexibility index (Phi) is 5.90. The van der Waals surface area contributed by atoms with Crippen molar-refractivity contribution in [3.05, 3.63) is 29.3 Å². The quantitative estimate of drug-likeness (QED) is 0.720. The summed E-state index contributed by atoms with van der Waals surface area (Å²) in [4.78, 5) is 0. The van der Waals surface area contributed by atoms with Crippen molar-refractivity contribution >= 4 is 5.69 Å². The Morgan fingerprint density at radius 3 is 2.38 bits per heavy atom. The fourth-order valence-electron chi connectivity index (χ4n) is 1.59. The molecule has 0 atom stereocenters. The summed E-state index contributed by atoms with van der Waals surface area (Å²) in [5, 5.41) is 3.39. The van der Waals surface area contributed by atoms with Gasteiger partial charge >= 0.3 is 0 Å². The summed E-state index contributed by atoms with van der Waals surface area (Å²) in [6, 6.07) is 6.30. The number of hydrogen-bond acceptors (Lipinski definition) is 3. The Bertz CT molecular complexity index is 293. The summed E-state index contributed by atoms with van der Waals surface area (Å²) < 4.78 is 10.3. The molecular formula is C13H21NO2. The first kappa shape index (κ1) is 13.0. The Balaban J connectivity index is 2.26. The molecular weight excluding hydrogens is 202 g/mol. The zero-order valence-electron chi connectivity index (χ0n) is 10.4. The van der Waals surface area contributed by atoms with Gasteiger partial charge in [0.2, 0.25) is 0 Å². The van der Waals surface area contributed by atoms with E-state index in [1.807, 2.05) is 0 Å². The Labute approximate surface area is 97.8 Å². The molecule has 0 saturated carbocycles. The monoisotopic (exact) mass is 223 g/mol. The highest BCUT2D eigenvalue weighted by molar-refractivity contribution is 5.56. The van der Waals surface area contributed by atoms with Crippen molar-refractivity contribution in [3.63, 3.8) is 0 Å². The molecule has 1 rings (SSSR count). The lowest BCUT2D eigenvalue weighted by Crippen LogP contribution is -2.13. The molecule has 0 aliphatic carbocycles. The maximum Gasteiger partial charge on any atom is 0.0701 e. The van der Waals surface area contributed by atoms with E-state index in [9.17, 15) is 0 Å². The number of benzene rings is 1. The molecule has 90 valence electrons. The van der Waals surface area contributed by atoms with Gasteiger partial charge in [-0.2, -0.15) is 0 Å². The lowest BCUT2D eigenvalue weighted by atomic mass is 10.1. The predicted octanol–water partition coefficient (Wildman–Crippen LogP) is 2.38. The molecule has 0 amide bonds. The van der Waals surface area contributed by atoms with E-state index in [4.69, 9.17) is 9.47 Å². The molecule has 0 bridgehead atoms. The predicted molar refractivity (Wildman–Crippen MR) is 67.1 cm³/mol. The first-order valence-electron chi connectivity index (χ1n) is 5.62. The van der Waals surface area contributed by atoms with Crippen LogP contribution in [0.5, 0.6) is 0 Å². The van der Waals surface area contributed by atoms with Gasteiger partial charge in [-0.1, -0.05) is 18.2 Å². The van der Waals surface area contributed by atoms with Crippen molar-refractivity contribution in [2.24, 2.45) is 0 Å². The van der Waals surface area contributed by atoms with Gasteiger partial charge in [0, 0.05) is 19.3 Å². The molecule has 1 aromatic rings. The molecule has 0 heterocycles. The van der Waals surface area contributed by atoms with Crippen LogP contribution in [0.15, 0.2) is 18.2 Å². The molecule has 0 radical (unpaired) electrons. The lowest BCUT2D eigenvalue weighted by molar-refractivity contribution is 0.0759. The van der Waals surface area contributed by atoms with Crippen LogP contribution in [0.4, 0.5) is 5.69 Å². The van der Waals surface area contributed by atoms with Gasteiger partial charge in [-0.15, -0.1) is 0 Å². The maximum absolute atomic E-state index is 5.39. The largest absolute Gasteiger partial charge is 0.382 e. The summed E-state index contributed by atoms with van der Waals surface area (Å²) in [7, 11) is 1.68. The van der Waals surface area contributed by atoms with E-state index in [0.29, 0.717) is 19.8 Å². The van der Waals surface area contributed by atoms with Gasteiger partial charge in [0.15, 0.2) is 0 Å². The number of hydrogen-bond donors (Lipinski definition) is 1. The summed E-state index contributed by atoms with van der Waals surface area (Å²) in [6.07, 6.45) is 0. The number of para-hydroxylation sites is 1. The summed E-state index contributed by atoms with van der Waals surface area (Å²) in [5.41, 5.74) is 3.77. The minimum atomic E-state index is 0.656. The van der Waals surface area contributed by atoms with Crippen LogP contribution in [0.25, 0.3) is 0 Å². The minimum absolute atomic E-state index is 0.656. The highest BCUT2D eigenvalue weighted by atomic mass is 16.5. The van der Waals surface area contributed by atoms with Gasteiger partial charge in [-0.25, -0.2) is 0 Å². The standard InChI is InChI=1S/C13H21NO2/c1-11-5-4-6-12(2)13(11)14-7-8-16-10-9-15-3/h4-6,14H,7-10H2,1-3H3. The fraction of sp³-hybridized carbons (Fsp3) is 0.538. The second-order valence-corrected chi connectivity index (χ2v) is 3.80. The van der Waals surface area contributed by atoms with Gasteiger partial charge in [0.25, 0.3) is 0 Å². The van der Waals surface area contributed by atoms with Crippen molar-refractivity contribution in [1.29, 1.82) is 0 Å². The number of nitrogens with one attached hydrogen (secondary N) is 1. The van der Waals surface area contributed by atoms with Crippen LogP contribution in [0.3, 0.4) is 0 Å². The number of rotatable bonds is 7. The van der Waals surface area contributed by atoms with Crippen molar-refractivity contribution in [1.82, 2.24) is 0 Å². The van der Waals surface area contributed by atoms with Crippen molar-refractivity contribution in [2.45, 2.75) is 13.8 Å². The molecule has 0 spiro atoms. The first-order chi connectivity index (χ1) is 7.75. The molecule has 0 fully saturated rings. The van der Waals surface area contributed by atoms with E-state index >= 15 is 0 Å². The molecule has 3 nitrogen and oxygen atoms in total. The van der Waals surface area contributed by atoms with Gasteiger partial charge in [-0.05, 0) is 25.0 Å². The number of ether oxygens (including phenoxy) is 2. The van der Waals surface area contributed by atoms with Crippen LogP contribution in [-0.2, 0) is 9.47 Å². The normalized spacial score (nSPS) is 10.4. The summed E-state index contributed by atoms with van der Waals surface area (Å²) in [6.45, 7) is 7.07. The lowest BCUT2D eigenvalue weighted by Gasteiger charge is -2.12. The maximum atomic E-state index is 5.39. The third kappa shape index (κ3) is 4.21. The van der Waals surface area contributed by atoms with Gasteiger partial charge in [0.1, 0.15) is 0 Å². The van der Waals surface area contributed by atoms with Crippen LogP contribution in [0.2, 0.25) is 0 Å². The summed E-state index contributed by atoms with van der Waals surface area (Å²) >= 11 is 0. The number of methoxy groups -OCH3 is 1. The average Bonchev–Trinajstić information content (AvgIpc) is 2.26. The van der Waals surface area contributed by atoms with Crippen molar-refractivity contribution in [3.8, 4) is 0 Å². The number of anilines is 1. The zero-order valence-corrected chi connectivity index (χ0v) is 10.4. The second-order valence-electron chi connectivity index (χ2n) is 3.80. The molecule has 3 heteroatoms. The van der Waals surface area contributed by atoms with Gasteiger partial charge < -0.3 is 14.8 Å². The second kappa shape index (κ2) is 7.25. The van der Waals surface area contributed by atoms with Crippen molar-refractivity contribution in [2.75, 3.05) is 38.8 Å². The van der Waals surface area contributed by atoms with Crippen LogP contribution >= 0.6 is 0 Å². The molecule has 1 N–H and O–H groups in total. The van der Waals surface area contributed by atoms with Crippen molar-refractivity contribution < 1.29 is 9.47 Å². The van der Waals surface area contributed by atoms with E-state index in [2.05, 4.69) is 37.4 Å². The van der Waals surface area contributed by atoms with Crippen LogP contribution in [0.1, 0.15) is 11.1 Å². The van der Waals surface area contributed by atoms with Gasteiger partial charge in [-0.3, -0.25) is 0 Å². The Morgan fingerprint density at radius 1 is 1.06 bits per heavy atom. The van der Waals surface area contributed by atoms with E-state index < -0.39 is 0 Å². The summed E-state index contributed by atoms with van der Waals surface area (Å²) in [5.74, 6) is 0. The van der Waals surface area contributed by atoms with E-state index in [0.717, 1.165) is 6.54 Å². The molecule has 0 aliphatic rings. The fourth-order valence-corrected chi connectivity index (χ4v) is 1.59. The van der Waals surface area contributed by atoms with E-state index in [1.165, 1.54) is 16.8 Å². The van der Waals surface area contributed by atoms with Gasteiger partial charge in [0.05, 0.1) is 19.8 Å². The molecule has 0 aliphatic heterocycles. The third-order valence-corrected chi connectivity index (χ3v) is 2.46. The highest BCUT2D eigenvalue weighted by Gasteiger charge is 2.00. The zero-order chi connectivity index (χ0) is 11.8. The smallest absolute Gasteiger partial charge is 0.0701 e. The highest BCUT2D eigenvalue weighted by Crippen LogP contribution is 2.18. The van der Waals surface area contributed by atoms with Crippen LogP contribution in [-0.4, -0.2) is 33.5 Å². The van der Waals surface area contributed by atoms with Crippen LogP contribution < -0.4 is 5.32 Å². The Hall–Kier alpha value is -1.06. The first-order valence-corrected chi connectivity index (χ1v) is 5.62. The Morgan fingerprint density at radius 2 is 1.75 bits per heavy atom. The molecule has 16 heavy (non-hydrogen) atoms. The molecule has 0 saturated heterocycles. The molecule has 1 aromatic carbocycles. The molecule has 0 aromatic heterocycles. The van der Waals surface area contributed by atoms with Crippen LogP contribution in [0, 0.1) is 13.8 Å². The van der Waals surface area contributed by atoms with E-state index in [-0.39, 0.29) is 0 Å². The number of aryl methyl sites for hydroxylation is 2. The third-order valence-electron chi connectivity index (χ3n) is 2.46.